The van der Waals surface area contributed by atoms with Gasteiger partial charge in [-0.15, -0.1) is 0 Å². The fourth-order valence-electron chi connectivity index (χ4n) is 2.06. The van der Waals surface area contributed by atoms with Gasteiger partial charge in [-0.1, -0.05) is 0 Å². The molecule has 7 nitrogen and oxygen atoms in total. The van der Waals surface area contributed by atoms with E-state index < -0.39 is 0 Å². The first-order valence-corrected chi connectivity index (χ1v) is 8.57. The van der Waals surface area contributed by atoms with Gasteiger partial charge in [-0.3, -0.25) is 4.98 Å². The van der Waals surface area contributed by atoms with E-state index in [0.29, 0.717) is 0 Å². The summed E-state index contributed by atoms with van der Waals surface area (Å²) in [5.74, 6) is 1.55. The van der Waals surface area contributed by atoms with Crippen molar-refractivity contribution in [2.75, 3.05) is 38.9 Å². The number of pyridine rings is 1. The van der Waals surface area contributed by atoms with E-state index in [1.165, 1.54) is 0 Å². The minimum absolute atomic E-state index is 0.259. The molecule has 0 aliphatic rings. The summed E-state index contributed by atoms with van der Waals surface area (Å²) in [6.07, 6.45) is 3.52. The molecule has 0 aliphatic heterocycles. The van der Waals surface area contributed by atoms with Crippen LogP contribution in [0.25, 0.3) is 0 Å². The van der Waals surface area contributed by atoms with Crippen LogP contribution in [0.15, 0.2) is 73.1 Å². The van der Waals surface area contributed by atoms with Crippen molar-refractivity contribution < 1.29 is 18.9 Å². The van der Waals surface area contributed by atoms with Crippen molar-refractivity contribution in [1.82, 2.24) is 4.98 Å². The maximum absolute atomic E-state index is 5.47. The minimum Gasteiger partial charge on any atom is -0.468 e. The van der Waals surface area contributed by atoms with Gasteiger partial charge in [0.05, 0.1) is 11.9 Å². The van der Waals surface area contributed by atoms with Gasteiger partial charge in [-0.2, -0.15) is 0 Å². The highest BCUT2D eigenvalue weighted by atomic mass is 16.7. The van der Waals surface area contributed by atoms with Crippen molar-refractivity contribution in [1.29, 1.82) is 0 Å². The number of hydrogen-bond acceptors (Lipinski definition) is 7. The lowest BCUT2D eigenvalue weighted by molar-refractivity contribution is 0.0510. The Hall–Kier alpha value is -3.29. The zero-order chi connectivity index (χ0) is 20.0. The molecule has 1 heterocycles. The third-order valence-corrected chi connectivity index (χ3v) is 3.37. The highest BCUT2D eigenvalue weighted by Gasteiger charge is 1.96. The molecule has 0 unspecified atom stereocenters. The lowest BCUT2D eigenvalue weighted by Gasteiger charge is -2.07. The molecule has 0 saturated carbocycles. The Morgan fingerprint density at radius 2 is 1.36 bits per heavy atom. The molecule has 0 aliphatic carbocycles. The van der Waals surface area contributed by atoms with E-state index in [-0.39, 0.29) is 13.6 Å². The Labute approximate surface area is 165 Å². The van der Waals surface area contributed by atoms with Crippen LogP contribution in [0.2, 0.25) is 0 Å². The Kier molecular flexibility index (Phi) is 9.13. The molecule has 0 bridgehead atoms. The van der Waals surface area contributed by atoms with Gasteiger partial charge in [0.2, 0.25) is 0 Å². The second-order valence-corrected chi connectivity index (χ2v) is 5.56. The molecule has 0 saturated heterocycles. The van der Waals surface area contributed by atoms with Crippen molar-refractivity contribution in [2.45, 2.75) is 0 Å². The van der Waals surface area contributed by atoms with Crippen LogP contribution in [0.5, 0.6) is 11.5 Å². The Balaban J connectivity index is 0.000000221. The minimum atomic E-state index is 0.259. The van der Waals surface area contributed by atoms with Gasteiger partial charge in [0.25, 0.3) is 0 Å². The quantitative estimate of drug-likeness (QED) is 0.448. The number of rotatable bonds is 8. The molecule has 28 heavy (non-hydrogen) atoms. The van der Waals surface area contributed by atoms with E-state index >= 15 is 0 Å². The van der Waals surface area contributed by atoms with Crippen LogP contribution in [-0.4, -0.2) is 32.8 Å². The average molecular weight is 383 g/mol. The number of benzene rings is 2. The van der Waals surface area contributed by atoms with Crippen LogP contribution in [0.4, 0.5) is 17.1 Å². The van der Waals surface area contributed by atoms with E-state index in [2.05, 4.69) is 10.3 Å². The third-order valence-electron chi connectivity index (χ3n) is 3.37. The Morgan fingerprint density at radius 3 is 1.86 bits per heavy atom. The number of nitrogens with two attached hydrogens (primary N) is 1. The third kappa shape index (κ3) is 7.94. The number of ether oxygens (including phenoxy) is 4. The number of methoxy groups -OCH3 is 2. The zero-order valence-corrected chi connectivity index (χ0v) is 16.0. The van der Waals surface area contributed by atoms with Gasteiger partial charge in [-0.25, -0.2) is 0 Å². The lowest BCUT2D eigenvalue weighted by Crippen LogP contribution is -1.98. The molecule has 7 heteroatoms. The van der Waals surface area contributed by atoms with Gasteiger partial charge >= 0.3 is 0 Å². The molecule has 3 N–H and O–H groups in total. The van der Waals surface area contributed by atoms with Crippen LogP contribution in [0, 0.1) is 0 Å². The van der Waals surface area contributed by atoms with E-state index in [1.807, 2.05) is 36.4 Å². The van der Waals surface area contributed by atoms with Gasteiger partial charge in [-0.05, 0) is 60.7 Å². The Morgan fingerprint density at radius 1 is 0.786 bits per heavy atom. The maximum atomic E-state index is 5.47. The summed E-state index contributed by atoms with van der Waals surface area (Å²) in [5, 5.41) is 3.24. The van der Waals surface area contributed by atoms with E-state index in [9.17, 15) is 0 Å². The fraction of sp³-hybridized carbons (Fsp3) is 0.190. The van der Waals surface area contributed by atoms with Crippen molar-refractivity contribution in [3.05, 3.63) is 73.1 Å². The number of hydrogen-bond donors (Lipinski definition) is 2. The van der Waals surface area contributed by atoms with E-state index in [1.54, 1.807) is 50.9 Å². The topological polar surface area (TPSA) is 87.9 Å². The normalized spacial score (nSPS) is 9.79. The first-order valence-electron chi connectivity index (χ1n) is 8.57. The second kappa shape index (κ2) is 12.2. The molecule has 1 aromatic heterocycles. The van der Waals surface area contributed by atoms with Gasteiger partial charge in [0, 0.05) is 31.8 Å². The molecule has 2 aromatic carbocycles. The summed E-state index contributed by atoms with van der Waals surface area (Å²) in [4.78, 5) is 4.04. The summed E-state index contributed by atoms with van der Waals surface area (Å²) in [6.45, 7) is 0.527. The highest BCUT2D eigenvalue weighted by Crippen LogP contribution is 2.19. The molecular weight excluding hydrogens is 358 g/mol. The van der Waals surface area contributed by atoms with Crippen molar-refractivity contribution >= 4 is 17.1 Å². The molecular formula is C21H25N3O4. The van der Waals surface area contributed by atoms with Gasteiger partial charge in [0.15, 0.2) is 13.6 Å². The molecule has 0 fully saturated rings. The SMILES string of the molecule is COCOc1ccc(N)cc1.COCOc1ccc(Nc2cccnc2)cc1. The molecule has 3 aromatic rings. The van der Waals surface area contributed by atoms with Crippen LogP contribution in [0.1, 0.15) is 0 Å². The van der Waals surface area contributed by atoms with E-state index in [4.69, 9.17) is 24.7 Å². The van der Waals surface area contributed by atoms with E-state index in [0.717, 1.165) is 28.6 Å². The molecule has 148 valence electrons. The van der Waals surface area contributed by atoms with Crippen LogP contribution >= 0.6 is 0 Å². The number of nitrogens with zero attached hydrogens (tertiary/aromatic N) is 1. The molecule has 0 radical (unpaired) electrons. The average Bonchev–Trinajstić information content (AvgIpc) is 2.74. The standard InChI is InChI=1S/C13H14N2O2.C8H11NO2/c1-16-10-17-13-6-4-11(5-7-13)15-12-3-2-8-14-9-12;1-10-6-11-8-4-2-7(9)3-5-8/h2-9,15H,10H2,1H3;2-5H,6,9H2,1H3. The predicted octanol–water partition coefficient (Wildman–Crippen LogP) is 4.06. The second-order valence-electron chi connectivity index (χ2n) is 5.56. The fourth-order valence-corrected chi connectivity index (χ4v) is 2.06. The number of anilines is 3. The van der Waals surface area contributed by atoms with Crippen molar-refractivity contribution in [3.8, 4) is 11.5 Å². The van der Waals surface area contributed by atoms with Crippen molar-refractivity contribution in [2.24, 2.45) is 0 Å². The largest absolute Gasteiger partial charge is 0.468 e. The summed E-state index contributed by atoms with van der Waals surface area (Å²) < 4.78 is 20.0. The summed E-state index contributed by atoms with van der Waals surface area (Å²) >= 11 is 0. The molecule has 0 atom stereocenters. The summed E-state index contributed by atoms with van der Waals surface area (Å²) in [6, 6.07) is 18.7. The molecule has 3 rings (SSSR count). The maximum Gasteiger partial charge on any atom is 0.188 e. The highest BCUT2D eigenvalue weighted by molar-refractivity contribution is 5.59. The first-order chi connectivity index (χ1) is 13.7. The van der Waals surface area contributed by atoms with Gasteiger partial charge < -0.3 is 30.0 Å². The smallest absolute Gasteiger partial charge is 0.188 e. The lowest BCUT2D eigenvalue weighted by atomic mass is 10.3. The van der Waals surface area contributed by atoms with Crippen molar-refractivity contribution in [3.63, 3.8) is 0 Å². The van der Waals surface area contributed by atoms with Crippen LogP contribution < -0.4 is 20.5 Å². The number of nitrogen functional groups attached to an aromatic ring is 1. The molecule has 0 amide bonds. The van der Waals surface area contributed by atoms with Crippen LogP contribution in [0.3, 0.4) is 0 Å². The summed E-state index contributed by atoms with van der Waals surface area (Å²) in [7, 11) is 3.18. The number of nitrogens with one attached hydrogen (secondary N) is 1. The molecule has 0 spiro atoms. The first kappa shape index (κ1) is 21.0. The summed E-state index contributed by atoms with van der Waals surface area (Å²) in [5.41, 5.74) is 8.14. The monoisotopic (exact) mass is 383 g/mol. The zero-order valence-electron chi connectivity index (χ0n) is 16.0. The van der Waals surface area contributed by atoms with Gasteiger partial charge in [0.1, 0.15) is 11.5 Å². The van der Waals surface area contributed by atoms with Crippen LogP contribution in [-0.2, 0) is 9.47 Å². The predicted molar refractivity (Wildman–Crippen MR) is 110 cm³/mol. The Bertz CT molecular complexity index is 781. The number of aromatic nitrogens is 1.